The van der Waals surface area contributed by atoms with Gasteiger partial charge < -0.3 is 23.5 Å². The van der Waals surface area contributed by atoms with E-state index in [2.05, 4.69) is 29.6 Å². The van der Waals surface area contributed by atoms with E-state index in [4.69, 9.17) is 28.9 Å². The minimum Gasteiger partial charge on any atom is -0.497 e. The van der Waals surface area contributed by atoms with E-state index in [0.717, 1.165) is 69.5 Å². The summed E-state index contributed by atoms with van der Waals surface area (Å²) in [5.41, 5.74) is 5.13. The van der Waals surface area contributed by atoms with E-state index >= 15 is 0 Å². The molecule has 0 atom stereocenters. The van der Waals surface area contributed by atoms with E-state index in [0.29, 0.717) is 5.82 Å². The van der Waals surface area contributed by atoms with Gasteiger partial charge in [-0.25, -0.2) is 14.5 Å². The van der Waals surface area contributed by atoms with Gasteiger partial charge >= 0.3 is 0 Å². The number of rotatable bonds is 9. The Hall–Kier alpha value is -4.27. The largest absolute Gasteiger partial charge is 0.497 e. The third-order valence-corrected chi connectivity index (χ3v) is 6.49. The normalized spacial score (nSPS) is 11.2. The van der Waals surface area contributed by atoms with Crippen molar-refractivity contribution in [3.8, 4) is 23.0 Å². The Morgan fingerprint density at radius 1 is 0.833 bits per heavy atom. The monoisotopic (exact) mass is 487 g/mol. The molecule has 0 aliphatic rings. The van der Waals surface area contributed by atoms with Crippen LogP contribution in [0.2, 0.25) is 0 Å². The van der Waals surface area contributed by atoms with E-state index in [-0.39, 0.29) is 6.61 Å². The third-order valence-electron chi connectivity index (χ3n) is 6.49. The molecule has 5 aromatic rings. The molecule has 5 rings (SSSR count). The molecular formula is C27H29N5O4. The molecule has 0 amide bonds. The summed E-state index contributed by atoms with van der Waals surface area (Å²) in [6.45, 7) is 5.25. The summed E-state index contributed by atoms with van der Waals surface area (Å²) >= 11 is 0. The van der Waals surface area contributed by atoms with Crippen LogP contribution in [0.25, 0.3) is 16.7 Å². The highest BCUT2D eigenvalue weighted by atomic mass is 16.5. The number of aromatic nitrogens is 5. The molecule has 186 valence electrons. The number of fused-ring (bicyclic) bond motifs is 3. The van der Waals surface area contributed by atoms with Gasteiger partial charge in [-0.15, -0.1) is 5.10 Å². The zero-order valence-corrected chi connectivity index (χ0v) is 21.1. The van der Waals surface area contributed by atoms with Crippen LogP contribution in [-0.2, 0) is 19.6 Å². The minimum absolute atomic E-state index is 0.257. The first-order valence-corrected chi connectivity index (χ1v) is 11.7. The predicted molar refractivity (Wildman–Crippen MR) is 136 cm³/mol. The second-order valence-corrected chi connectivity index (χ2v) is 8.50. The molecule has 0 spiro atoms. The van der Waals surface area contributed by atoms with E-state index in [1.165, 1.54) is 0 Å². The SMILES string of the molecule is COc1ccc(OCc2nc3c4c(C)c(C)n(CCc5ccc(OC)c(OC)c5)c4ncn3n2)cc1. The number of benzene rings is 2. The highest BCUT2D eigenvalue weighted by Crippen LogP contribution is 2.30. The molecular weight excluding hydrogens is 458 g/mol. The van der Waals surface area contributed by atoms with E-state index in [1.807, 2.05) is 36.4 Å². The number of hydrogen-bond acceptors (Lipinski definition) is 7. The lowest BCUT2D eigenvalue weighted by Crippen LogP contribution is -2.05. The van der Waals surface area contributed by atoms with Gasteiger partial charge in [-0.05, 0) is 67.8 Å². The summed E-state index contributed by atoms with van der Waals surface area (Å²) in [5, 5.41) is 5.58. The number of hydrogen-bond donors (Lipinski definition) is 0. The van der Waals surface area contributed by atoms with Crippen molar-refractivity contribution in [2.75, 3.05) is 21.3 Å². The Morgan fingerprint density at radius 2 is 1.58 bits per heavy atom. The fourth-order valence-electron chi connectivity index (χ4n) is 4.41. The smallest absolute Gasteiger partial charge is 0.189 e. The summed E-state index contributed by atoms with van der Waals surface area (Å²) < 4.78 is 25.9. The van der Waals surface area contributed by atoms with Crippen molar-refractivity contribution in [2.24, 2.45) is 0 Å². The number of methoxy groups -OCH3 is 3. The van der Waals surface area contributed by atoms with Crippen molar-refractivity contribution in [2.45, 2.75) is 33.4 Å². The Labute approximate surface area is 209 Å². The highest BCUT2D eigenvalue weighted by molar-refractivity contribution is 5.93. The van der Waals surface area contributed by atoms with E-state index < -0.39 is 0 Å². The van der Waals surface area contributed by atoms with Crippen LogP contribution < -0.4 is 18.9 Å². The maximum absolute atomic E-state index is 5.88. The summed E-state index contributed by atoms with van der Waals surface area (Å²) in [6.07, 6.45) is 2.54. The standard InChI is InChI=1S/C27H29N5O4/c1-17-18(2)31(13-12-19-6-11-22(34-4)23(14-19)35-5)26-25(17)27-29-24(30-32(27)16-28-26)15-36-21-9-7-20(33-3)8-10-21/h6-11,14,16H,12-13,15H2,1-5H3. The number of nitrogens with zero attached hydrogens (tertiary/aromatic N) is 5. The predicted octanol–water partition coefficient (Wildman–Crippen LogP) is 4.54. The second-order valence-electron chi connectivity index (χ2n) is 8.50. The lowest BCUT2D eigenvalue weighted by molar-refractivity contribution is 0.295. The van der Waals surface area contributed by atoms with Crippen LogP contribution in [0.15, 0.2) is 48.8 Å². The lowest BCUT2D eigenvalue weighted by atomic mass is 10.1. The van der Waals surface area contributed by atoms with Crippen molar-refractivity contribution in [3.63, 3.8) is 0 Å². The first kappa shape index (κ1) is 23.5. The summed E-state index contributed by atoms with van der Waals surface area (Å²) in [4.78, 5) is 9.52. The van der Waals surface area contributed by atoms with Crippen LogP contribution in [0, 0.1) is 13.8 Å². The molecule has 0 fully saturated rings. The molecule has 0 bridgehead atoms. The van der Waals surface area contributed by atoms with Gasteiger partial charge in [-0.1, -0.05) is 6.07 Å². The van der Waals surface area contributed by atoms with Crippen LogP contribution in [0.3, 0.4) is 0 Å². The maximum atomic E-state index is 5.88. The topological polar surface area (TPSA) is 84.9 Å². The molecule has 3 aromatic heterocycles. The molecule has 0 aliphatic carbocycles. The number of aryl methyl sites for hydroxylation is 3. The lowest BCUT2D eigenvalue weighted by Gasteiger charge is -2.11. The molecule has 0 saturated heterocycles. The third kappa shape index (κ3) is 4.28. The van der Waals surface area contributed by atoms with Crippen molar-refractivity contribution < 1.29 is 18.9 Å². The van der Waals surface area contributed by atoms with Gasteiger partial charge in [0.2, 0.25) is 0 Å². The van der Waals surface area contributed by atoms with Crippen LogP contribution >= 0.6 is 0 Å². The van der Waals surface area contributed by atoms with Crippen molar-refractivity contribution >= 4 is 16.7 Å². The Balaban J connectivity index is 1.40. The second kappa shape index (κ2) is 9.77. The van der Waals surface area contributed by atoms with Gasteiger partial charge in [0, 0.05) is 12.2 Å². The molecule has 3 heterocycles. The average molecular weight is 488 g/mol. The fraction of sp³-hybridized carbons (Fsp3) is 0.296. The molecule has 0 aliphatic heterocycles. The van der Waals surface area contributed by atoms with Crippen molar-refractivity contribution in [3.05, 3.63) is 71.4 Å². The van der Waals surface area contributed by atoms with Gasteiger partial charge in [0.1, 0.15) is 30.1 Å². The van der Waals surface area contributed by atoms with Gasteiger partial charge in [0.05, 0.1) is 26.7 Å². The van der Waals surface area contributed by atoms with Crippen LogP contribution in [0.5, 0.6) is 23.0 Å². The molecule has 0 N–H and O–H groups in total. The maximum Gasteiger partial charge on any atom is 0.189 e. The number of ether oxygens (including phenoxy) is 4. The zero-order chi connectivity index (χ0) is 25.2. The first-order valence-electron chi connectivity index (χ1n) is 11.7. The molecule has 9 nitrogen and oxygen atoms in total. The van der Waals surface area contributed by atoms with Crippen LogP contribution in [0.4, 0.5) is 0 Å². The fourth-order valence-corrected chi connectivity index (χ4v) is 4.41. The molecule has 0 saturated carbocycles. The molecule has 2 aromatic carbocycles. The van der Waals surface area contributed by atoms with Crippen LogP contribution in [-0.4, -0.2) is 45.5 Å². The minimum atomic E-state index is 0.257. The zero-order valence-electron chi connectivity index (χ0n) is 21.1. The quantitative estimate of drug-likeness (QED) is 0.302. The van der Waals surface area contributed by atoms with E-state index in [9.17, 15) is 0 Å². The van der Waals surface area contributed by atoms with Crippen LogP contribution in [0.1, 0.15) is 22.6 Å². The van der Waals surface area contributed by atoms with E-state index in [1.54, 1.807) is 32.2 Å². The Bertz CT molecular complexity index is 1520. The molecule has 0 unspecified atom stereocenters. The summed E-state index contributed by atoms with van der Waals surface area (Å²) in [7, 11) is 4.93. The van der Waals surface area contributed by atoms with Gasteiger partial charge in [0.25, 0.3) is 0 Å². The highest BCUT2D eigenvalue weighted by Gasteiger charge is 2.18. The van der Waals surface area contributed by atoms with Gasteiger partial charge in [-0.3, -0.25) is 0 Å². The van der Waals surface area contributed by atoms with Gasteiger partial charge in [-0.2, -0.15) is 0 Å². The molecule has 36 heavy (non-hydrogen) atoms. The van der Waals surface area contributed by atoms with Crippen molar-refractivity contribution in [1.29, 1.82) is 0 Å². The molecule has 0 radical (unpaired) electrons. The Kier molecular flexibility index (Phi) is 6.37. The summed E-state index contributed by atoms with van der Waals surface area (Å²) in [5.74, 6) is 3.56. The molecule has 9 heteroatoms. The summed E-state index contributed by atoms with van der Waals surface area (Å²) in [6, 6.07) is 13.5. The van der Waals surface area contributed by atoms with Crippen molar-refractivity contribution in [1.82, 2.24) is 24.1 Å². The van der Waals surface area contributed by atoms with Gasteiger partial charge in [0.15, 0.2) is 23.0 Å². The first-order chi connectivity index (χ1) is 17.5. The average Bonchev–Trinajstić information content (AvgIpc) is 3.44. The Morgan fingerprint density at radius 3 is 2.31 bits per heavy atom.